The average molecular weight is 333 g/mol. The third kappa shape index (κ3) is 2.94. The zero-order chi connectivity index (χ0) is 17.3. The first-order valence-electron chi connectivity index (χ1n) is 8.08. The Morgan fingerprint density at radius 3 is 2.58 bits per heavy atom. The van der Waals surface area contributed by atoms with Crippen LogP contribution in [0, 0.1) is 5.82 Å². The van der Waals surface area contributed by atoms with Crippen molar-refractivity contribution in [1.82, 2.24) is 4.90 Å². The van der Waals surface area contributed by atoms with Gasteiger partial charge in [-0.2, -0.15) is 0 Å². The number of carboxylic acids is 1. The summed E-state index contributed by atoms with van der Waals surface area (Å²) in [5, 5.41) is 18.9. The number of halogens is 1. The van der Waals surface area contributed by atoms with Gasteiger partial charge in [0.05, 0.1) is 12.1 Å². The minimum Gasteiger partial charge on any atom is -0.478 e. The van der Waals surface area contributed by atoms with Gasteiger partial charge in [-0.25, -0.2) is 9.18 Å². The highest BCUT2D eigenvalue weighted by atomic mass is 19.1. The Balaban J connectivity index is 1.93. The highest BCUT2D eigenvalue weighted by Gasteiger charge is 2.41. The van der Waals surface area contributed by atoms with Crippen molar-refractivity contribution < 1.29 is 24.2 Å². The highest BCUT2D eigenvalue weighted by Crippen LogP contribution is 2.43. The third-order valence-corrected chi connectivity index (χ3v) is 5.04. The molecule has 1 fully saturated rings. The molecule has 24 heavy (non-hydrogen) atoms. The maximum absolute atomic E-state index is 14.3. The maximum atomic E-state index is 14.3. The van der Waals surface area contributed by atoms with Gasteiger partial charge >= 0.3 is 5.97 Å². The molecule has 0 saturated heterocycles. The maximum Gasteiger partial charge on any atom is 0.336 e. The molecular weight excluding hydrogens is 313 g/mol. The Bertz CT molecular complexity index is 694. The van der Waals surface area contributed by atoms with Crippen LogP contribution >= 0.6 is 0 Å². The van der Waals surface area contributed by atoms with Crippen molar-refractivity contribution in [2.24, 2.45) is 0 Å². The van der Waals surface area contributed by atoms with Crippen molar-refractivity contribution in [3.8, 4) is 0 Å². The Hall–Kier alpha value is -2.21. The quantitative estimate of drug-likeness (QED) is 0.879. The van der Waals surface area contributed by atoms with Crippen molar-refractivity contribution >= 4 is 11.8 Å². The van der Waals surface area contributed by atoms with Crippen LogP contribution in [0.15, 0.2) is 36.0 Å². The van der Waals surface area contributed by atoms with Gasteiger partial charge in [-0.05, 0) is 24.5 Å². The van der Waals surface area contributed by atoms with E-state index in [4.69, 9.17) is 5.11 Å². The summed E-state index contributed by atoms with van der Waals surface area (Å²) in [4.78, 5) is 24.8. The lowest BCUT2D eigenvalue weighted by atomic mass is 9.77. The molecule has 1 saturated carbocycles. The number of aliphatic carboxylic acids is 1. The van der Waals surface area contributed by atoms with E-state index in [1.54, 1.807) is 23.1 Å². The molecule has 0 radical (unpaired) electrons. The number of aliphatic hydroxyl groups excluding tert-OH is 1. The first-order chi connectivity index (χ1) is 11.4. The molecule has 5 nitrogen and oxygen atoms in total. The number of aliphatic hydroxyl groups is 1. The summed E-state index contributed by atoms with van der Waals surface area (Å²) in [7, 11) is 0. The molecule has 128 valence electrons. The highest BCUT2D eigenvalue weighted by molar-refractivity contribution is 6.00. The lowest BCUT2D eigenvalue weighted by Crippen LogP contribution is -2.46. The smallest absolute Gasteiger partial charge is 0.336 e. The summed E-state index contributed by atoms with van der Waals surface area (Å²) in [6.45, 7) is 0.303. The fraction of sp³-hybridized carbons (Fsp3) is 0.444. The number of carbonyl (C=O) groups is 2. The molecule has 1 aromatic carbocycles. The van der Waals surface area contributed by atoms with Gasteiger partial charge in [0.2, 0.25) is 0 Å². The van der Waals surface area contributed by atoms with Crippen molar-refractivity contribution in [2.45, 2.75) is 37.2 Å². The molecule has 0 aromatic heterocycles. The van der Waals surface area contributed by atoms with E-state index >= 15 is 0 Å². The molecule has 0 bridgehead atoms. The first kappa shape index (κ1) is 16.6. The molecular formula is C18H20FNO4. The number of hydrogen-bond donors (Lipinski definition) is 2. The number of hydrogen-bond acceptors (Lipinski definition) is 4. The van der Waals surface area contributed by atoms with Crippen LogP contribution in [0.1, 0.15) is 31.2 Å². The van der Waals surface area contributed by atoms with Crippen LogP contribution in [0.2, 0.25) is 0 Å². The van der Waals surface area contributed by atoms with E-state index in [2.05, 4.69) is 0 Å². The van der Waals surface area contributed by atoms with Gasteiger partial charge < -0.3 is 15.1 Å². The van der Waals surface area contributed by atoms with E-state index in [0.29, 0.717) is 12.1 Å². The van der Waals surface area contributed by atoms with Crippen LogP contribution in [0.25, 0.3) is 0 Å². The molecule has 1 aliphatic heterocycles. The van der Waals surface area contributed by atoms with E-state index in [-0.39, 0.29) is 17.9 Å². The molecule has 1 aliphatic carbocycles. The van der Waals surface area contributed by atoms with Crippen LogP contribution in [0.3, 0.4) is 0 Å². The number of carboxylic acid groups (broad SMARTS) is 1. The van der Waals surface area contributed by atoms with Crippen molar-refractivity contribution in [3.05, 3.63) is 47.4 Å². The summed E-state index contributed by atoms with van der Waals surface area (Å²) < 4.78 is 14.3. The minimum absolute atomic E-state index is 0.0614. The van der Waals surface area contributed by atoms with E-state index in [1.807, 2.05) is 0 Å². The van der Waals surface area contributed by atoms with Crippen LogP contribution < -0.4 is 0 Å². The molecule has 1 unspecified atom stereocenters. The second-order valence-corrected chi connectivity index (χ2v) is 6.63. The van der Waals surface area contributed by atoms with E-state index in [0.717, 1.165) is 25.7 Å². The molecule has 0 amide bonds. The van der Waals surface area contributed by atoms with Gasteiger partial charge in [0.25, 0.3) is 0 Å². The van der Waals surface area contributed by atoms with Crippen LogP contribution in [0.5, 0.6) is 0 Å². The number of ketones is 1. The van der Waals surface area contributed by atoms with E-state index < -0.39 is 23.3 Å². The van der Waals surface area contributed by atoms with Gasteiger partial charge in [0, 0.05) is 18.2 Å². The molecule has 2 N–H and O–H groups in total. The molecule has 3 rings (SSSR count). The number of nitrogens with zero attached hydrogens (tertiary/aromatic N) is 1. The summed E-state index contributed by atoms with van der Waals surface area (Å²) >= 11 is 0. The minimum atomic E-state index is -1.59. The SMILES string of the molecule is O=C(O)C1=CN(CC2(c3ccccc3F)CCCC2)CC(=O)C1O. The largest absolute Gasteiger partial charge is 0.478 e. The summed E-state index contributed by atoms with van der Waals surface area (Å²) in [5.74, 6) is -2.13. The van der Waals surface area contributed by atoms with Crippen LogP contribution in [-0.4, -0.2) is 46.1 Å². The molecule has 6 heteroatoms. The number of rotatable bonds is 4. The summed E-state index contributed by atoms with van der Waals surface area (Å²) in [5.41, 5.74) is -0.145. The van der Waals surface area contributed by atoms with Gasteiger partial charge in [-0.3, -0.25) is 4.79 Å². The van der Waals surface area contributed by atoms with E-state index in [9.17, 15) is 19.1 Å². The number of Topliss-reactive ketones (excluding diaryl/α,β-unsaturated/α-hetero) is 1. The number of carbonyl (C=O) groups excluding carboxylic acids is 1. The van der Waals surface area contributed by atoms with Gasteiger partial charge in [-0.1, -0.05) is 31.0 Å². The van der Waals surface area contributed by atoms with Gasteiger partial charge in [0.1, 0.15) is 11.9 Å². The topological polar surface area (TPSA) is 77.8 Å². The van der Waals surface area contributed by atoms with E-state index in [1.165, 1.54) is 12.3 Å². The predicted molar refractivity (Wildman–Crippen MR) is 84.9 cm³/mol. The first-order valence-corrected chi connectivity index (χ1v) is 8.08. The van der Waals surface area contributed by atoms with Crippen LogP contribution in [-0.2, 0) is 15.0 Å². The summed E-state index contributed by atoms with van der Waals surface area (Å²) in [6, 6.07) is 6.63. The second kappa shape index (κ2) is 6.36. The second-order valence-electron chi connectivity index (χ2n) is 6.63. The monoisotopic (exact) mass is 333 g/mol. The third-order valence-electron chi connectivity index (χ3n) is 5.04. The fourth-order valence-corrected chi connectivity index (χ4v) is 3.89. The molecule has 1 heterocycles. The molecule has 0 spiro atoms. The standard InChI is InChI=1S/C18H20FNO4/c19-14-6-2-1-5-13(14)18(7-3-4-8-18)11-20-9-12(17(23)24)16(22)15(21)10-20/h1-2,5-6,9,16,22H,3-4,7-8,10-11H2,(H,23,24). The lowest BCUT2D eigenvalue weighted by Gasteiger charge is -2.37. The average Bonchev–Trinajstić information content (AvgIpc) is 3.00. The van der Waals surface area contributed by atoms with Gasteiger partial charge in [0.15, 0.2) is 5.78 Å². The Morgan fingerprint density at radius 2 is 1.96 bits per heavy atom. The normalized spacial score (nSPS) is 23.2. The molecule has 1 aromatic rings. The number of benzene rings is 1. The lowest BCUT2D eigenvalue weighted by molar-refractivity contribution is -0.138. The fourth-order valence-electron chi connectivity index (χ4n) is 3.89. The van der Waals surface area contributed by atoms with Crippen LogP contribution in [0.4, 0.5) is 4.39 Å². The van der Waals surface area contributed by atoms with Crippen molar-refractivity contribution in [2.75, 3.05) is 13.1 Å². The Morgan fingerprint density at radius 1 is 1.29 bits per heavy atom. The summed E-state index contributed by atoms with van der Waals surface area (Å²) in [6.07, 6.45) is 3.25. The molecule has 2 aliphatic rings. The molecule has 1 atom stereocenters. The zero-order valence-electron chi connectivity index (χ0n) is 13.2. The van der Waals surface area contributed by atoms with Crippen molar-refractivity contribution in [3.63, 3.8) is 0 Å². The Kier molecular flexibility index (Phi) is 4.41. The van der Waals surface area contributed by atoms with Gasteiger partial charge in [-0.15, -0.1) is 0 Å². The van der Waals surface area contributed by atoms with Crippen molar-refractivity contribution in [1.29, 1.82) is 0 Å². The Labute approximate surface area is 139 Å². The zero-order valence-corrected chi connectivity index (χ0v) is 13.2. The predicted octanol–water partition coefficient (Wildman–Crippen LogP) is 1.85.